The molecule has 11 N–H and O–H groups in total. The topological polar surface area (TPSA) is 505 Å². The van der Waals surface area contributed by atoms with Gasteiger partial charge >= 0.3 is 42.9 Å². The number of ether oxygens (including phenoxy) is 16. The zero-order valence-electron chi connectivity index (χ0n) is 76.8. The van der Waals surface area contributed by atoms with Crippen LogP contribution in [-0.4, -0.2) is 108 Å². The molecule has 0 saturated carbocycles. The first kappa shape index (κ1) is 101. The van der Waals surface area contributed by atoms with Crippen LogP contribution in [0.2, 0.25) is 10.0 Å². The van der Waals surface area contributed by atoms with Crippen molar-refractivity contribution < 1.29 is 144 Å². The Kier molecular flexibility index (Phi) is 32.6. The number of aliphatic hydroxyl groups excluding tert-OH is 2. The van der Waals surface area contributed by atoms with Crippen molar-refractivity contribution in [3.8, 4) is 80.1 Å². The zero-order valence-corrected chi connectivity index (χ0v) is 78.3. The van der Waals surface area contributed by atoms with Crippen LogP contribution in [0.4, 0.5) is 28.8 Å². The van der Waals surface area contributed by atoms with Crippen molar-refractivity contribution in [2.24, 2.45) is 11.5 Å². The number of methoxy groups -OCH3 is 1. The Balaban J connectivity index is 0.906. The number of rotatable bonds is 20. The third-order valence-corrected chi connectivity index (χ3v) is 23.2. The monoisotopic (exact) mass is 2020 g/mol. The van der Waals surface area contributed by atoms with Crippen LogP contribution in [0.3, 0.4) is 0 Å². The molecule has 0 saturated heterocycles. The summed E-state index contributed by atoms with van der Waals surface area (Å²) in [5.41, 5.74) is 14.0. The molecule has 13 aromatic rings. The van der Waals surface area contributed by atoms with E-state index in [1.807, 2.05) is 0 Å². The molecule has 13 aromatic carbocycles. The zero-order chi connectivity index (χ0) is 102. The lowest BCUT2D eigenvalue weighted by atomic mass is 9.89. The van der Waals surface area contributed by atoms with Crippen LogP contribution >= 0.6 is 23.2 Å². The highest BCUT2D eigenvalue weighted by atomic mass is 35.5. The average molecular weight is 2020 g/mol. The smallest absolute Gasteiger partial charge is 0.467 e. The molecular formula is C107H87Cl2N7O30. The highest BCUT2D eigenvalue weighted by Gasteiger charge is 2.43. The average Bonchev–Trinajstić information content (AvgIpc) is 0.754. The Morgan fingerprint density at radius 1 is 0.363 bits per heavy atom. The summed E-state index contributed by atoms with van der Waals surface area (Å²) in [6, 6.07) is 57.8. The molecule has 0 aliphatic carbocycles. The number of esters is 1. The van der Waals surface area contributed by atoms with Gasteiger partial charge in [0.1, 0.15) is 116 Å². The van der Waals surface area contributed by atoms with Crippen LogP contribution in [0, 0.1) is 0 Å². The minimum Gasteiger partial charge on any atom is -0.467 e. The van der Waals surface area contributed by atoms with E-state index >= 15 is 24.0 Å². The third-order valence-electron chi connectivity index (χ3n) is 22.6. The maximum absolute atomic E-state index is 17.1. The fourth-order valence-electron chi connectivity index (χ4n) is 15.4. The van der Waals surface area contributed by atoms with Gasteiger partial charge in [-0.2, -0.15) is 0 Å². The van der Waals surface area contributed by atoms with Crippen LogP contribution in [0.25, 0.3) is 11.1 Å². The van der Waals surface area contributed by atoms with Gasteiger partial charge in [-0.1, -0.05) is 229 Å². The van der Waals surface area contributed by atoms with E-state index in [9.17, 15) is 43.8 Å². The normalized spacial score (nSPS) is 16.9. The van der Waals surface area contributed by atoms with E-state index in [0.29, 0.717) is 38.9 Å². The molecule has 146 heavy (non-hydrogen) atoms. The maximum Gasteiger partial charge on any atom is 0.514 e. The Bertz CT molecular complexity index is 7070. The summed E-state index contributed by atoms with van der Waals surface area (Å²) in [5.74, 6) is -14.3. The van der Waals surface area contributed by atoms with Crippen LogP contribution in [0.5, 0.6) is 69.0 Å². The highest BCUT2D eigenvalue weighted by Crippen LogP contribution is 2.50. The second kappa shape index (κ2) is 47.1. The molecule has 39 heteroatoms. The summed E-state index contributed by atoms with van der Waals surface area (Å²) in [6.07, 6.45) is -10.9. The van der Waals surface area contributed by atoms with Gasteiger partial charge in [0.2, 0.25) is 35.3 Å². The number of amides is 5. The van der Waals surface area contributed by atoms with Gasteiger partial charge in [-0.3, -0.25) is 24.0 Å². The van der Waals surface area contributed by atoms with Crippen LogP contribution < -0.4 is 80.7 Å². The summed E-state index contributed by atoms with van der Waals surface area (Å²) in [5, 5.41) is 36.5. The lowest BCUT2D eigenvalue weighted by molar-refractivity contribution is -0.146. The van der Waals surface area contributed by atoms with Gasteiger partial charge in [0.15, 0.2) is 29.0 Å². The molecule has 0 aromatic heterocycles. The Morgan fingerprint density at radius 2 is 0.781 bits per heavy atom. The summed E-state index contributed by atoms with van der Waals surface area (Å²) < 4.78 is 94.7. The fourth-order valence-corrected chi connectivity index (χ4v) is 15.9. The fraction of sp³-hybridized carbons (Fsp3) is 0.159. The van der Waals surface area contributed by atoms with Crippen molar-refractivity contribution in [3.63, 3.8) is 0 Å². The Labute approximate surface area is 840 Å². The van der Waals surface area contributed by atoms with Gasteiger partial charge in [0.25, 0.3) is 0 Å². The number of aliphatic hydroxyl groups is 2. The lowest BCUT2D eigenvalue weighted by Crippen LogP contribution is -2.55. The molecule has 744 valence electrons. The van der Waals surface area contributed by atoms with E-state index in [2.05, 4.69) is 26.6 Å². The number of fused-ring (bicyclic) bond motifs is 15. The van der Waals surface area contributed by atoms with Crippen molar-refractivity contribution in [3.05, 3.63) is 380 Å². The van der Waals surface area contributed by atoms with Gasteiger partial charge < -0.3 is 124 Å². The van der Waals surface area contributed by atoms with Gasteiger partial charge in [0.05, 0.1) is 29.8 Å². The summed E-state index contributed by atoms with van der Waals surface area (Å²) in [7, 11) is 0.910. The van der Waals surface area contributed by atoms with Gasteiger partial charge in [-0.05, 0) is 152 Å². The molecule has 5 amide bonds. The molecule has 0 fully saturated rings. The number of benzene rings is 13. The van der Waals surface area contributed by atoms with E-state index in [0.717, 1.165) is 79.9 Å². The van der Waals surface area contributed by atoms with Crippen molar-refractivity contribution >= 4 is 95.6 Å². The predicted octanol–water partition coefficient (Wildman–Crippen LogP) is 17.0. The molecule has 5 aliphatic rings. The SMILES string of the molecule is COC(=O)C1NC(=O)C2NC(=O)C(NC(=O)C3NC(=O)C(N)c4cc(OC(=O)OCc5ccccc5)cc(c4)Oc4cc(ccc4OC(=O)OCc4ccccc4)C(N)C(=O)NC(CO)Cc4ccc(c(Cl)c4)Oc4cc3cc(c4OC(=O)OCc3ccccc3)Oc3ccc(cc3Cl)C2O)c2ccc(OC(=O)OCc3ccccc3)c(c2)-c2c(OC(=O)OCc3ccccc3)cc(OC(=O)OCc3ccccc3)cc21. The molecule has 37 nitrogen and oxygen atoms in total. The molecule has 0 spiro atoms. The number of hydrogen-bond acceptors (Lipinski definition) is 32. The van der Waals surface area contributed by atoms with Crippen LogP contribution in [0.15, 0.2) is 297 Å². The predicted molar refractivity (Wildman–Crippen MR) is 516 cm³/mol. The van der Waals surface area contributed by atoms with Crippen LogP contribution in [0.1, 0.15) is 109 Å². The number of carbonyl (C=O) groups is 12. The van der Waals surface area contributed by atoms with E-state index in [-0.39, 0.29) is 59.5 Å². The van der Waals surface area contributed by atoms with E-state index < -0.39 is 238 Å². The first-order chi connectivity index (χ1) is 70.7. The summed E-state index contributed by atoms with van der Waals surface area (Å²) in [4.78, 5) is 181. The number of nitrogens with two attached hydrogens (primary N) is 2. The number of nitrogens with one attached hydrogen (secondary N) is 5. The van der Waals surface area contributed by atoms with Crippen molar-refractivity contribution in [2.45, 2.75) is 94.5 Å². The molecule has 8 atom stereocenters. The largest absolute Gasteiger partial charge is 0.514 e. The molecule has 5 heterocycles. The van der Waals surface area contributed by atoms with Gasteiger partial charge in [0, 0.05) is 28.8 Å². The minimum atomic E-state index is -2.41. The summed E-state index contributed by atoms with van der Waals surface area (Å²) >= 11 is 14.5. The quantitative estimate of drug-likeness (QED) is 0.0194. The minimum absolute atomic E-state index is 0.0115. The van der Waals surface area contributed by atoms with E-state index in [4.69, 9.17) is 110 Å². The highest BCUT2D eigenvalue weighted by molar-refractivity contribution is 6.32. The maximum atomic E-state index is 17.1. The standard InChI is InChI=1S/C107H87Cl2N7O30/c1-131-101(124)92-76-50-74(140-103(126)133-54-60-22-10-3-11-23-60)51-84(145-106(129)136-57-63-28-16-6-17-29-63)87(76)75-44-67(34-37-79(75)143-104(127)134-55-61-24-12-4-13-25-61)90-98(121)116-93(100(123)115-92)94(118)68-35-38-81(78(109)45-68)142-86-48-70-47-85(95(86)146-107(130)137-58-64-30-18-7-19-31-64)141-80-36-32-65(41-77(80)108)40-71(52-117)112-96(119)88(110)66-33-39-82(144-105(128)135-56-62-26-14-5-15-27-62)83(46-66)138-72-42-69(89(111)97(120)113-91(70)99(122)114-90)43-73(49-72)139-102(125)132-53-59-20-8-2-9-21-59/h2-39,41-51,71,88-94,117-118H,40,52-58,110-111H2,1H3,(H,112,119)(H,113,120)(H,114,122)(H,115,123)(H,116,121). The molecular weight excluding hydrogens is 1930 g/mol. The summed E-state index contributed by atoms with van der Waals surface area (Å²) in [6.45, 7) is -2.99. The second-order valence-corrected chi connectivity index (χ2v) is 33.6. The van der Waals surface area contributed by atoms with Gasteiger partial charge in [-0.25, -0.2) is 33.6 Å². The number of halogens is 2. The molecule has 8 unspecified atom stereocenters. The Morgan fingerprint density at radius 3 is 1.28 bits per heavy atom. The van der Waals surface area contributed by atoms with Crippen LogP contribution in [-0.2, 0) is 108 Å². The molecule has 18 rings (SSSR count). The third kappa shape index (κ3) is 25.9. The molecule has 15 bridgehead atoms. The Hall–Kier alpha value is -17.9. The van der Waals surface area contributed by atoms with Crippen molar-refractivity contribution in [1.29, 1.82) is 0 Å². The van der Waals surface area contributed by atoms with Crippen molar-refractivity contribution in [1.82, 2.24) is 26.6 Å². The second-order valence-electron chi connectivity index (χ2n) is 32.8. The number of hydrogen-bond donors (Lipinski definition) is 9. The first-order valence-electron chi connectivity index (χ1n) is 44.8. The van der Waals surface area contributed by atoms with E-state index in [1.165, 1.54) is 42.5 Å². The van der Waals surface area contributed by atoms with E-state index in [1.54, 1.807) is 182 Å². The molecule has 0 radical (unpaired) electrons. The first-order valence-corrected chi connectivity index (χ1v) is 45.6. The van der Waals surface area contributed by atoms with Gasteiger partial charge in [-0.15, -0.1) is 0 Å². The number of carbonyl (C=O) groups excluding carboxylic acids is 12. The lowest BCUT2D eigenvalue weighted by Gasteiger charge is -2.31. The van der Waals surface area contributed by atoms with Crippen molar-refractivity contribution in [2.75, 3.05) is 13.7 Å². The molecule has 5 aliphatic heterocycles.